The summed E-state index contributed by atoms with van der Waals surface area (Å²) in [6.45, 7) is 2.15. The molecule has 98 valence electrons. The van der Waals surface area contributed by atoms with Crippen LogP contribution in [0.1, 0.15) is 18.9 Å². The molecule has 0 bridgehead atoms. The van der Waals surface area contributed by atoms with Crippen LogP contribution in [0.2, 0.25) is 0 Å². The molecule has 3 nitrogen and oxygen atoms in total. The number of rotatable bonds is 5. The fourth-order valence-corrected chi connectivity index (χ4v) is 2.74. The summed E-state index contributed by atoms with van der Waals surface area (Å²) in [5, 5.41) is 13.6. The third kappa shape index (κ3) is 3.18. The summed E-state index contributed by atoms with van der Waals surface area (Å²) in [6.07, 6.45) is 3.14. The van der Waals surface area contributed by atoms with Gasteiger partial charge in [-0.25, -0.2) is 4.98 Å². The van der Waals surface area contributed by atoms with Gasteiger partial charge < -0.3 is 5.32 Å². The molecule has 2 aromatic rings. The number of hydrogen-bond acceptors (Lipinski definition) is 4. The number of anilines is 1. The number of nitriles is 1. The second kappa shape index (κ2) is 6.44. The number of aromatic nitrogens is 1. The minimum absolute atomic E-state index is 0.384. The van der Waals surface area contributed by atoms with Gasteiger partial charge in [0.25, 0.3) is 0 Å². The van der Waals surface area contributed by atoms with Crippen molar-refractivity contribution in [2.75, 3.05) is 17.3 Å². The van der Waals surface area contributed by atoms with Crippen LogP contribution in [0.4, 0.5) is 5.82 Å². The van der Waals surface area contributed by atoms with Crippen molar-refractivity contribution in [2.45, 2.75) is 19.4 Å². The van der Waals surface area contributed by atoms with Gasteiger partial charge in [-0.05, 0) is 24.8 Å². The van der Waals surface area contributed by atoms with Crippen molar-refractivity contribution in [1.82, 2.24) is 4.98 Å². The molecule has 0 aliphatic heterocycles. The highest BCUT2D eigenvalue weighted by molar-refractivity contribution is 7.98. The molecule has 1 atom stereocenters. The third-order valence-corrected chi connectivity index (χ3v) is 3.78. The lowest BCUT2D eigenvalue weighted by atomic mass is 10.1. The van der Waals surface area contributed by atoms with E-state index in [1.807, 2.05) is 42.1 Å². The van der Waals surface area contributed by atoms with Gasteiger partial charge in [-0.2, -0.15) is 17.0 Å². The van der Waals surface area contributed by atoms with Crippen molar-refractivity contribution in [1.29, 1.82) is 5.26 Å². The zero-order chi connectivity index (χ0) is 13.7. The molecule has 1 N–H and O–H groups in total. The highest BCUT2D eigenvalue weighted by Gasteiger charge is 2.09. The molecule has 1 heterocycles. The molecule has 0 aliphatic carbocycles. The number of benzene rings is 1. The first-order valence-corrected chi connectivity index (χ1v) is 7.73. The normalized spacial score (nSPS) is 12.1. The van der Waals surface area contributed by atoms with Crippen LogP contribution in [0.3, 0.4) is 0 Å². The standard InChI is InChI=1S/C15H17N3S/c1-3-12(10-19-2)17-15-8-11(9-16)13-6-4-5-7-14(13)18-15/h4-8,12H,3,10H2,1-2H3,(H,17,18). The maximum Gasteiger partial charge on any atom is 0.128 e. The SMILES string of the molecule is CCC(CSC)Nc1cc(C#N)c2ccccc2n1. The summed E-state index contributed by atoms with van der Waals surface area (Å²) in [7, 11) is 0. The lowest BCUT2D eigenvalue weighted by Crippen LogP contribution is -2.21. The Morgan fingerprint density at radius 3 is 2.89 bits per heavy atom. The summed E-state index contributed by atoms with van der Waals surface area (Å²) >= 11 is 1.81. The van der Waals surface area contributed by atoms with E-state index in [0.717, 1.165) is 28.9 Å². The van der Waals surface area contributed by atoms with E-state index in [4.69, 9.17) is 0 Å². The highest BCUT2D eigenvalue weighted by Crippen LogP contribution is 2.21. The second-order valence-electron chi connectivity index (χ2n) is 4.39. The van der Waals surface area contributed by atoms with Gasteiger partial charge in [0, 0.05) is 17.2 Å². The molecule has 1 aromatic carbocycles. The molecule has 0 aliphatic rings. The second-order valence-corrected chi connectivity index (χ2v) is 5.30. The monoisotopic (exact) mass is 271 g/mol. The van der Waals surface area contributed by atoms with Gasteiger partial charge in [0.1, 0.15) is 5.82 Å². The van der Waals surface area contributed by atoms with Crippen molar-refractivity contribution in [3.05, 3.63) is 35.9 Å². The molecular weight excluding hydrogens is 254 g/mol. The van der Waals surface area contributed by atoms with E-state index in [0.29, 0.717) is 11.6 Å². The van der Waals surface area contributed by atoms with Crippen molar-refractivity contribution in [2.24, 2.45) is 0 Å². The zero-order valence-corrected chi connectivity index (χ0v) is 12.0. The number of thioether (sulfide) groups is 1. The highest BCUT2D eigenvalue weighted by atomic mass is 32.2. The van der Waals surface area contributed by atoms with Crippen LogP contribution in [0.25, 0.3) is 10.9 Å². The van der Waals surface area contributed by atoms with Crippen LogP contribution in [0.5, 0.6) is 0 Å². The number of fused-ring (bicyclic) bond motifs is 1. The Balaban J connectivity index is 2.37. The third-order valence-electron chi connectivity index (χ3n) is 3.05. The summed E-state index contributed by atoms with van der Waals surface area (Å²) < 4.78 is 0. The first-order chi connectivity index (χ1) is 9.28. The topological polar surface area (TPSA) is 48.7 Å². The Morgan fingerprint density at radius 1 is 1.42 bits per heavy atom. The average molecular weight is 271 g/mol. The Hall–Kier alpha value is -1.73. The van der Waals surface area contributed by atoms with Crippen molar-refractivity contribution in [3.8, 4) is 6.07 Å². The van der Waals surface area contributed by atoms with Crippen molar-refractivity contribution < 1.29 is 0 Å². The molecule has 0 spiro atoms. The van der Waals surface area contributed by atoms with E-state index in [1.54, 1.807) is 0 Å². The van der Waals surface area contributed by atoms with Crippen LogP contribution in [-0.4, -0.2) is 23.0 Å². The van der Waals surface area contributed by atoms with Gasteiger partial charge in [-0.1, -0.05) is 25.1 Å². The summed E-state index contributed by atoms with van der Waals surface area (Å²) in [5.41, 5.74) is 1.54. The first kappa shape index (κ1) is 13.7. The molecule has 4 heteroatoms. The van der Waals surface area contributed by atoms with Crippen LogP contribution < -0.4 is 5.32 Å². The lowest BCUT2D eigenvalue weighted by molar-refractivity contribution is 0.771. The van der Waals surface area contributed by atoms with Gasteiger partial charge in [0.15, 0.2) is 0 Å². The largest absolute Gasteiger partial charge is 0.366 e. The van der Waals surface area contributed by atoms with Crippen LogP contribution in [0.15, 0.2) is 30.3 Å². The molecule has 0 fully saturated rings. The Morgan fingerprint density at radius 2 is 2.21 bits per heavy atom. The summed E-state index contributed by atoms with van der Waals surface area (Å²) in [5.74, 6) is 1.82. The van der Waals surface area contributed by atoms with Gasteiger partial charge in [-0.15, -0.1) is 0 Å². The Kier molecular flexibility index (Phi) is 4.64. The van der Waals surface area contributed by atoms with Gasteiger partial charge in [-0.3, -0.25) is 0 Å². The van der Waals surface area contributed by atoms with E-state index >= 15 is 0 Å². The van der Waals surface area contributed by atoms with E-state index in [1.165, 1.54) is 0 Å². The minimum atomic E-state index is 0.384. The quantitative estimate of drug-likeness (QED) is 0.901. The maximum atomic E-state index is 9.25. The van der Waals surface area contributed by atoms with Gasteiger partial charge in [0.05, 0.1) is 17.1 Å². The van der Waals surface area contributed by atoms with Crippen LogP contribution >= 0.6 is 11.8 Å². The van der Waals surface area contributed by atoms with Gasteiger partial charge in [0.2, 0.25) is 0 Å². The van der Waals surface area contributed by atoms with Crippen molar-refractivity contribution >= 4 is 28.5 Å². The molecular formula is C15H17N3S. The number of hydrogen-bond donors (Lipinski definition) is 1. The predicted molar refractivity (Wildman–Crippen MR) is 82.5 cm³/mol. The van der Waals surface area contributed by atoms with Crippen LogP contribution in [-0.2, 0) is 0 Å². The predicted octanol–water partition coefficient (Wildman–Crippen LogP) is 3.66. The van der Waals surface area contributed by atoms with E-state index in [9.17, 15) is 5.26 Å². The minimum Gasteiger partial charge on any atom is -0.366 e. The summed E-state index contributed by atoms with van der Waals surface area (Å²) in [6, 6.07) is 12.2. The summed E-state index contributed by atoms with van der Waals surface area (Å²) in [4.78, 5) is 4.58. The molecule has 0 amide bonds. The van der Waals surface area contributed by atoms with E-state index in [-0.39, 0.29) is 0 Å². The molecule has 1 aromatic heterocycles. The molecule has 0 saturated carbocycles. The zero-order valence-electron chi connectivity index (χ0n) is 11.2. The molecule has 0 radical (unpaired) electrons. The maximum absolute atomic E-state index is 9.25. The van der Waals surface area contributed by atoms with Crippen molar-refractivity contribution in [3.63, 3.8) is 0 Å². The Bertz CT molecular complexity index is 604. The molecule has 19 heavy (non-hydrogen) atoms. The fraction of sp³-hybridized carbons (Fsp3) is 0.333. The first-order valence-electron chi connectivity index (χ1n) is 6.33. The van der Waals surface area contributed by atoms with E-state index < -0.39 is 0 Å². The smallest absolute Gasteiger partial charge is 0.128 e. The average Bonchev–Trinajstić information content (AvgIpc) is 2.45. The van der Waals surface area contributed by atoms with Crippen LogP contribution in [0, 0.1) is 11.3 Å². The number of nitrogens with zero attached hydrogens (tertiary/aromatic N) is 2. The number of para-hydroxylation sites is 1. The molecule has 2 rings (SSSR count). The fourth-order valence-electron chi connectivity index (χ4n) is 2.01. The molecule has 0 saturated heterocycles. The number of nitrogens with one attached hydrogen (secondary N) is 1. The lowest BCUT2D eigenvalue weighted by Gasteiger charge is -2.17. The number of pyridine rings is 1. The van der Waals surface area contributed by atoms with Gasteiger partial charge >= 0.3 is 0 Å². The Labute approximate surface area is 118 Å². The molecule has 1 unspecified atom stereocenters. The van der Waals surface area contributed by atoms with E-state index in [2.05, 4.69) is 29.5 Å².